The maximum atomic E-state index is 12.7. The number of nitro benzene ring substituents is 1. The third-order valence-corrected chi connectivity index (χ3v) is 5.74. The van der Waals surface area contributed by atoms with E-state index in [9.17, 15) is 24.5 Å². The van der Waals surface area contributed by atoms with Gasteiger partial charge in [0, 0.05) is 43.4 Å². The molecule has 0 spiro atoms. The lowest BCUT2D eigenvalue weighted by atomic mass is 10.1. The van der Waals surface area contributed by atoms with Crippen LogP contribution in [0, 0.1) is 16.0 Å². The predicted molar refractivity (Wildman–Crippen MR) is 116 cm³/mol. The second-order valence-electron chi connectivity index (χ2n) is 7.05. The van der Waals surface area contributed by atoms with Crippen molar-refractivity contribution in [2.75, 3.05) is 22.1 Å². The van der Waals surface area contributed by atoms with Crippen molar-refractivity contribution >= 4 is 61.5 Å². The molecule has 1 atom stereocenters. The molecule has 1 unspecified atom stereocenters. The van der Waals surface area contributed by atoms with Crippen molar-refractivity contribution in [3.8, 4) is 0 Å². The van der Waals surface area contributed by atoms with E-state index in [-0.39, 0.29) is 36.4 Å². The van der Waals surface area contributed by atoms with Crippen LogP contribution in [0.3, 0.4) is 0 Å². The summed E-state index contributed by atoms with van der Waals surface area (Å²) in [6, 6.07) is 11.1. The number of non-ortho nitro benzene ring substituents is 1. The molecule has 3 aromatic rings. The highest BCUT2D eigenvalue weighted by molar-refractivity contribution is 7.22. The molecule has 1 saturated heterocycles. The molecule has 0 bridgehead atoms. The first-order chi connectivity index (χ1) is 14.8. The van der Waals surface area contributed by atoms with Crippen molar-refractivity contribution in [3.05, 3.63) is 52.6 Å². The summed E-state index contributed by atoms with van der Waals surface area (Å²) in [5, 5.41) is 16.6. The van der Waals surface area contributed by atoms with Crippen LogP contribution in [0.1, 0.15) is 13.3 Å². The molecular formula is C20H17N5O5S. The fourth-order valence-electron chi connectivity index (χ4n) is 3.35. The van der Waals surface area contributed by atoms with E-state index in [4.69, 9.17) is 0 Å². The van der Waals surface area contributed by atoms with Gasteiger partial charge in [0.25, 0.3) is 5.69 Å². The van der Waals surface area contributed by atoms with Crippen LogP contribution in [0.4, 0.5) is 22.2 Å². The molecule has 1 aliphatic rings. The minimum atomic E-state index is -0.552. The van der Waals surface area contributed by atoms with Crippen LogP contribution in [-0.4, -0.2) is 34.2 Å². The molecule has 1 fully saturated rings. The average Bonchev–Trinajstić information content (AvgIpc) is 3.30. The van der Waals surface area contributed by atoms with Gasteiger partial charge in [-0.15, -0.1) is 0 Å². The third kappa shape index (κ3) is 4.36. The van der Waals surface area contributed by atoms with Gasteiger partial charge in [0.05, 0.1) is 21.1 Å². The number of nitrogens with zero attached hydrogens (tertiary/aromatic N) is 3. The molecule has 0 radical (unpaired) electrons. The summed E-state index contributed by atoms with van der Waals surface area (Å²) in [5.41, 5.74) is 1.76. The highest BCUT2D eigenvalue weighted by Gasteiger charge is 2.35. The first kappa shape index (κ1) is 20.4. The van der Waals surface area contributed by atoms with E-state index in [0.29, 0.717) is 26.7 Å². The lowest BCUT2D eigenvalue weighted by Crippen LogP contribution is -2.28. The number of carbonyl (C=O) groups is 3. The molecule has 31 heavy (non-hydrogen) atoms. The number of aromatic nitrogens is 1. The van der Waals surface area contributed by atoms with Gasteiger partial charge >= 0.3 is 0 Å². The van der Waals surface area contributed by atoms with Crippen molar-refractivity contribution in [1.29, 1.82) is 0 Å². The highest BCUT2D eigenvalue weighted by atomic mass is 32.1. The summed E-state index contributed by atoms with van der Waals surface area (Å²) in [7, 11) is 0. The van der Waals surface area contributed by atoms with Crippen LogP contribution in [0.15, 0.2) is 42.5 Å². The number of hydrogen-bond acceptors (Lipinski definition) is 7. The molecular weight excluding hydrogens is 422 g/mol. The van der Waals surface area contributed by atoms with Crippen molar-refractivity contribution in [2.24, 2.45) is 5.92 Å². The fourth-order valence-corrected chi connectivity index (χ4v) is 4.25. The molecule has 10 nitrogen and oxygen atoms in total. The van der Waals surface area contributed by atoms with Gasteiger partial charge in [0.2, 0.25) is 17.7 Å². The number of amides is 3. The van der Waals surface area contributed by atoms with Crippen molar-refractivity contribution in [3.63, 3.8) is 0 Å². The fraction of sp³-hybridized carbons (Fsp3) is 0.200. The summed E-state index contributed by atoms with van der Waals surface area (Å²) in [5.74, 6) is -1.25. The molecule has 158 valence electrons. The van der Waals surface area contributed by atoms with E-state index in [1.165, 1.54) is 30.0 Å². The topological polar surface area (TPSA) is 135 Å². The Bertz CT molecular complexity index is 1210. The number of rotatable bonds is 5. The number of fused-ring (bicyclic) bond motifs is 1. The van der Waals surface area contributed by atoms with E-state index in [1.807, 2.05) is 0 Å². The number of nitro groups is 1. The van der Waals surface area contributed by atoms with Crippen LogP contribution in [-0.2, 0) is 14.4 Å². The number of hydrogen-bond donors (Lipinski definition) is 2. The first-order valence-corrected chi connectivity index (χ1v) is 10.2. The van der Waals surface area contributed by atoms with E-state index < -0.39 is 10.8 Å². The minimum absolute atomic E-state index is 0.0458. The van der Waals surface area contributed by atoms with Crippen LogP contribution in [0.25, 0.3) is 10.2 Å². The Labute approximate surface area is 180 Å². The summed E-state index contributed by atoms with van der Waals surface area (Å²) in [6.07, 6.45) is 0.0651. The zero-order chi connectivity index (χ0) is 22.1. The Hall–Kier alpha value is -3.86. The molecule has 4 rings (SSSR count). The number of thiazole rings is 1. The van der Waals surface area contributed by atoms with Gasteiger partial charge < -0.3 is 15.5 Å². The summed E-state index contributed by atoms with van der Waals surface area (Å²) < 4.78 is 0.591. The Balaban J connectivity index is 1.44. The summed E-state index contributed by atoms with van der Waals surface area (Å²) >= 11 is 1.14. The van der Waals surface area contributed by atoms with Crippen LogP contribution < -0.4 is 15.5 Å². The molecule has 11 heteroatoms. The first-order valence-electron chi connectivity index (χ1n) is 9.34. The van der Waals surface area contributed by atoms with Gasteiger partial charge in [0.15, 0.2) is 5.13 Å². The van der Waals surface area contributed by atoms with E-state index in [0.717, 1.165) is 11.3 Å². The maximum absolute atomic E-state index is 12.7. The third-order valence-electron chi connectivity index (χ3n) is 4.81. The van der Waals surface area contributed by atoms with E-state index in [1.54, 1.807) is 24.3 Å². The van der Waals surface area contributed by atoms with Gasteiger partial charge in [-0.3, -0.25) is 24.5 Å². The van der Waals surface area contributed by atoms with Crippen molar-refractivity contribution < 1.29 is 19.3 Å². The summed E-state index contributed by atoms with van der Waals surface area (Å²) in [4.78, 5) is 52.5. The zero-order valence-electron chi connectivity index (χ0n) is 16.3. The molecule has 1 aromatic heterocycles. The predicted octanol–water partition coefficient (Wildman–Crippen LogP) is 3.15. The second kappa shape index (κ2) is 8.11. The number of nitrogens with one attached hydrogen (secondary N) is 2. The minimum Gasteiger partial charge on any atom is -0.326 e. The van der Waals surface area contributed by atoms with Crippen LogP contribution in [0.2, 0.25) is 0 Å². The standard InChI is InChI=1S/C20H17N5O5S/c1-11(26)21-13-2-4-14(5-3-13)24-10-12(8-18(24)27)19(28)23-20-22-16-7-6-15(25(29)30)9-17(16)31-20/h2-7,9,12H,8,10H2,1H3,(H,21,26)(H,22,23,28). The van der Waals surface area contributed by atoms with Gasteiger partial charge in [-0.05, 0) is 30.3 Å². The SMILES string of the molecule is CC(=O)Nc1ccc(N2CC(C(=O)Nc3nc4ccc([N+](=O)[O-])cc4s3)CC2=O)cc1. The number of anilines is 3. The lowest BCUT2D eigenvalue weighted by Gasteiger charge is -2.17. The maximum Gasteiger partial charge on any atom is 0.270 e. The zero-order valence-corrected chi connectivity index (χ0v) is 17.1. The Morgan fingerprint density at radius 3 is 2.61 bits per heavy atom. The Kier molecular flexibility index (Phi) is 5.34. The lowest BCUT2D eigenvalue weighted by molar-refractivity contribution is -0.384. The average molecular weight is 439 g/mol. The molecule has 0 aliphatic carbocycles. The largest absolute Gasteiger partial charge is 0.326 e. The Morgan fingerprint density at radius 2 is 1.94 bits per heavy atom. The van der Waals surface area contributed by atoms with Gasteiger partial charge in [-0.25, -0.2) is 4.98 Å². The van der Waals surface area contributed by atoms with Crippen molar-refractivity contribution in [1.82, 2.24) is 4.98 Å². The quantitative estimate of drug-likeness (QED) is 0.463. The second-order valence-corrected chi connectivity index (χ2v) is 8.08. The molecule has 0 saturated carbocycles. The van der Waals surface area contributed by atoms with Gasteiger partial charge in [-0.2, -0.15) is 0 Å². The molecule has 2 N–H and O–H groups in total. The van der Waals surface area contributed by atoms with E-state index >= 15 is 0 Å². The monoisotopic (exact) mass is 439 g/mol. The summed E-state index contributed by atoms with van der Waals surface area (Å²) in [6.45, 7) is 1.63. The highest BCUT2D eigenvalue weighted by Crippen LogP contribution is 2.31. The molecule has 1 aliphatic heterocycles. The Morgan fingerprint density at radius 1 is 1.19 bits per heavy atom. The van der Waals surface area contributed by atoms with Crippen molar-refractivity contribution in [2.45, 2.75) is 13.3 Å². The smallest absolute Gasteiger partial charge is 0.270 e. The van der Waals surface area contributed by atoms with Gasteiger partial charge in [0.1, 0.15) is 0 Å². The van der Waals surface area contributed by atoms with Crippen LogP contribution >= 0.6 is 11.3 Å². The number of benzene rings is 2. The molecule has 2 heterocycles. The number of carbonyl (C=O) groups excluding carboxylic acids is 3. The van der Waals surface area contributed by atoms with Gasteiger partial charge in [-0.1, -0.05) is 11.3 Å². The van der Waals surface area contributed by atoms with E-state index in [2.05, 4.69) is 15.6 Å². The molecule has 2 aromatic carbocycles. The van der Waals surface area contributed by atoms with Crippen LogP contribution in [0.5, 0.6) is 0 Å². The molecule has 3 amide bonds. The normalized spacial score (nSPS) is 15.8.